The standard InChI is InChI=1S/C14H20N2O2/c17-13(12-7-3-1-4-8-12)14(18)15-11-16-9-5-2-6-10-16/h1,3-4,7-8,13,17H,2,5-6,9-11H2,(H,15,18). The first-order valence-corrected chi connectivity index (χ1v) is 6.50. The van der Waals surface area contributed by atoms with Crippen LogP contribution in [-0.4, -0.2) is 35.7 Å². The number of piperidine rings is 1. The highest BCUT2D eigenvalue weighted by molar-refractivity contribution is 5.81. The molecule has 2 N–H and O–H groups in total. The fourth-order valence-electron chi connectivity index (χ4n) is 2.19. The highest BCUT2D eigenvalue weighted by Crippen LogP contribution is 2.12. The molecular formula is C14H20N2O2. The largest absolute Gasteiger partial charge is 0.378 e. The molecule has 4 heteroatoms. The lowest BCUT2D eigenvalue weighted by Crippen LogP contribution is -2.42. The van der Waals surface area contributed by atoms with Crippen molar-refractivity contribution >= 4 is 5.91 Å². The molecule has 0 radical (unpaired) electrons. The van der Waals surface area contributed by atoms with Gasteiger partial charge in [0, 0.05) is 0 Å². The minimum atomic E-state index is -1.07. The fourth-order valence-corrected chi connectivity index (χ4v) is 2.19. The van der Waals surface area contributed by atoms with E-state index in [1.807, 2.05) is 18.2 Å². The molecule has 1 fully saturated rings. The van der Waals surface area contributed by atoms with E-state index in [1.165, 1.54) is 19.3 Å². The van der Waals surface area contributed by atoms with Crippen molar-refractivity contribution in [3.63, 3.8) is 0 Å². The molecule has 98 valence electrons. The van der Waals surface area contributed by atoms with Crippen LogP contribution in [0.15, 0.2) is 30.3 Å². The Kier molecular flexibility index (Phi) is 4.73. The summed E-state index contributed by atoms with van der Waals surface area (Å²) in [6.45, 7) is 2.59. The van der Waals surface area contributed by atoms with Gasteiger partial charge in [0.1, 0.15) is 0 Å². The van der Waals surface area contributed by atoms with E-state index in [0.29, 0.717) is 12.2 Å². The Balaban J connectivity index is 1.80. The summed E-state index contributed by atoms with van der Waals surface area (Å²) < 4.78 is 0. The van der Waals surface area contributed by atoms with Gasteiger partial charge in [-0.25, -0.2) is 0 Å². The number of carbonyl (C=O) groups is 1. The molecule has 1 amide bonds. The van der Waals surface area contributed by atoms with Crippen molar-refractivity contribution in [3.05, 3.63) is 35.9 Å². The molecule has 1 aliphatic heterocycles. The van der Waals surface area contributed by atoms with E-state index in [2.05, 4.69) is 10.2 Å². The summed E-state index contributed by atoms with van der Waals surface area (Å²) in [5.74, 6) is -0.327. The molecule has 0 bridgehead atoms. The lowest BCUT2D eigenvalue weighted by molar-refractivity contribution is -0.130. The van der Waals surface area contributed by atoms with E-state index in [0.717, 1.165) is 13.1 Å². The van der Waals surface area contributed by atoms with Crippen LogP contribution in [0.25, 0.3) is 0 Å². The average Bonchev–Trinajstić information content (AvgIpc) is 2.46. The number of nitrogens with one attached hydrogen (secondary N) is 1. The van der Waals surface area contributed by atoms with Gasteiger partial charge in [-0.15, -0.1) is 0 Å². The smallest absolute Gasteiger partial charge is 0.254 e. The molecule has 1 aromatic carbocycles. The Bertz CT molecular complexity index is 375. The Morgan fingerprint density at radius 3 is 2.56 bits per heavy atom. The number of amides is 1. The molecule has 2 rings (SSSR count). The Labute approximate surface area is 108 Å². The van der Waals surface area contributed by atoms with Gasteiger partial charge >= 0.3 is 0 Å². The maximum atomic E-state index is 11.8. The number of hydrogen-bond donors (Lipinski definition) is 2. The zero-order valence-electron chi connectivity index (χ0n) is 10.5. The second-order valence-corrected chi connectivity index (χ2v) is 4.69. The summed E-state index contributed by atoms with van der Waals surface area (Å²) in [6.07, 6.45) is 2.58. The van der Waals surface area contributed by atoms with Crippen molar-refractivity contribution in [3.8, 4) is 0 Å². The number of benzene rings is 1. The van der Waals surface area contributed by atoms with E-state index >= 15 is 0 Å². The van der Waals surface area contributed by atoms with Gasteiger partial charge in [-0.2, -0.15) is 0 Å². The lowest BCUT2D eigenvalue weighted by Gasteiger charge is -2.26. The number of rotatable bonds is 4. The lowest BCUT2D eigenvalue weighted by atomic mass is 10.1. The molecule has 0 aromatic heterocycles. The molecule has 1 atom stereocenters. The molecule has 1 unspecified atom stereocenters. The minimum absolute atomic E-state index is 0.327. The van der Waals surface area contributed by atoms with E-state index < -0.39 is 6.10 Å². The molecule has 1 aromatic rings. The molecule has 18 heavy (non-hydrogen) atoms. The third-order valence-corrected chi connectivity index (χ3v) is 3.29. The van der Waals surface area contributed by atoms with E-state index in [4.69, 9.17) is 0 Å². The van der Waals surface area contributed by atoms with Crippen molar-refractivity contribution in [2.24, 2.45) is 0 Å². The van der Waals surface area contributed by atoms with E-state index in [1.54, 1.807) is 12.1 Å². The molecule has 1 saturated heterocycles. The predicted octanol–water partition coefficient (Wildman–Crippen LogP) is 1.28. The van der Waals surface area contributed by atoms with Crippen LogP contribution in [0.3, 0.4) is 0 Å². The molecule has 1 heterocycles. The quantitative estimate of drug-likeness (QED) is 0.844. The Hall–Kier alpha value is -1.39. The maximum Gasteiger partial charge on any atom is 0.254 e. The van der Waals surface area contributed by atoms with Gasteiger partial charge in [-0.05, 0) is 31.5 Å². The Morgan fingerprint density at radius 2 is 1.89 bits per heavy atom. The first-order chi connectivity index (χ1) is 8.77. The van der Waals surface area contributed by atoms with Crippen LogP contribution in [0.2, 0.25) is 0 Å². The summed E-state index contributed by atoms with van der Waals surface area (Å²) in [5, 5.41) is 12.7. The molecule has 1 aliphatic rings. The number of carbonyl (C=O) groups excluding carboxylic acids is 1. The van der Waals surface area contributed by atoms with Gasteiger partial charge in [-0.1, -0.05) is 36.8 Å². The predicted molar refractivity (Wildman–Crippen MR) is 69.8 cm³/mol. The van der Waals surface area contributed by atoms with Crippen LogP contribution in [0.4, 0.5) is 0 Å². The minimum Gasteiger partial charge on any atom is -0.378 e. The third kappa shape index (κ3) is 3.55. The van der Waals surface area contributed by atoms with Crippen LogP contribution in [0.5, 0.6) is 0 Å². The van der Waals surface area contributed by atoms with Gasteiger partial charge in [0.05, 0.1) is 6.67 Å². The molecule has 4 nitrogen and oxygen atoms in total. The normalized spacial score (nSPS) is 18.3. The summed E-state index contributed by atoms with van der Waals surface area (Å²) in [7, 11) is 0. The number of aliphatic hydroxyl groups excluding tert-OH is 1. The summed E-state index contributed by atoms with van der Waals surface area (Å²) in [6, 6.07) is 9.01. The molecule has 0 saturated carbocycles. The van der Waals surface area contributed by atoms with Crippen LogP contribution in [-0.2, 0) is 4.79 Å². The van der Waals surface area contributed by atoms with Crippen LogP contribution < -0.4 is 5.32 Å². The zero-order valence-corrected chi connectivity index (χ0v) is 10.5. The number of aliphatic hydroxyl groups is 1. The average molecular weight is 248 g/mol. The Morgan fingerprint density at radius 1 is 1.22 bits per heavy atom. The first-order valence-electron chi connectivity index (χ1n) is 6.50. The van der Waals surface area contributed by atoms with Gasteiger partial charge in [0.2, 0.25) is 0 Å². The van der Waals surface area contributed by atoms with Gasteiger partial charge in [0.25, 0.3) is 5.91 Å². The van der Waals surface area contributed by atoms with Gasteiger partial charge in [0.15, 0.2) is 6.10 Å². The van der Waals surface area contributed by atoms with Crippen LogP contribution >= 0.6 is 0 Å². The highest BCUT2D eigenvalue weighted by atomic mass is 16.3. The van der Waals surface area contributed by atoms with Crippen molar-refractivity contribution in [1.29, 1.82) is 0 Å². The van der Waals surface area contributed by atoms with Crippen molar-refractivity contribution < 1.29 is 9.90 Å². The molecule has 0 spiro atoms. The summed E-state index contributed by atoms with van der Waals surface area (Å²) in [5.41, 5.74) is 0.633. The van der Waals surface area contributed by atoms with E-state index in [-0.39, 0.29) is 5.91 Å². The van der Waals surface area contributed by atoms with Crippen molar-refractivity contribution in [2.45, 2.75) is 25.4 Å². The fraction of sp³-hybridized carbons (Fsp3) is 0.500. The molecular weight excluding hydrogens is 228 g/mol. The van der Waals surface area contributed by atoms with Crippen molar-refractivity contribution in [2.75, 3.05) is 19.8 Å². The number of likely N-dealkylation sites (tertiary alicyclic amines) is 1. The summed E-state index contributed by atoms with van der Waals surface area (Å²) in [4.78, 5) is 14.0. The summed E-state index contributed by atoms with van der Waals surface area (Å²) >= 11 is 0. The second kappa shape index (κ2) is 6.52. The monoisotopic (exact) mass is 248 g/mol. The topological polar surface area (TPSA) is 52.6 Å². The van der Waals surface area contributed by atoms with Crippen LogP contribution in [0, 0.1) is 0 Å². The first kappa shape index (κ1) is 13.1. The van der Waals surface area contributed by atoms with Gasteiger partial charge < -0.3 is 10.4 Å². The highest BCUT2D eigenvalue weighted by Gasteiger charge is 2.18. The van der Waals surface area contributed by atoms with Gasteiger partial charge in [-0.3, -0.25) is 9.69 Å². The number of nitrogens with zero attached hydrogens (tertiary/aromatic N) is 1. The SMILES string of the molecule is O=C(NCN1CCCCC1)C(O)c1ccccc1. The van der Waals surface area contributed by atoms with Crippen molar-refractivity contribution in [1.82, 2.24) is 10.2 Å². The van der Waals surface area contributed by atoms with Crippen LogP contribution in [0.1, 0.15) is 30.9 Å². The maximum absolute atomic E-state index is 11.8. The zero-order chi connectivity index (χ0) is 12.8. The second-order valence-electron chi connectivity index (χ2n) is 4.69. The molecule has 0 aliphatic carbocycles. The third-order valence-electron chi connectivity index (χ3n) is 3.29. The number of hydrogen-bond acceptors (Lipinski definition) is 3. The van der Waals surface area contributed by atoms with E-state index in [9.17, 15) is 9.90 Å².